The van der Waals surface area contributed by atoms with E-state index in [1.165, 1.54) is 6.33 Å². The average Bonchev–Trinajstić information content (AvgIpc) is 3.05. The zero-order chi connectivity index (χ0) is 15.1. The van der Waals surface area contributed by atoms with Gasteiger partial charge in [-0.25, -0.2) is 9.67 Å². The van der Waals surface area contributed by atoms with Gasteiger partial charge in [0, 0.05) is 10.4 Å². The second-order valence-electron chi connectivity index (χ2n) is 6.12. The standard InChI is InChI=1S/C16H18ClN3O/c1-15(2)8-7-13(9-12-3-5-14(17)6-4-12)16(15,21)20-11-18-10-19-20/h3-6,9-11,21H,7-8H2,1-2H3/b13-9+/t16-/m1/s1. The number of benzene rings is 1. The van der Waals surface area contributed by atoms with E-state index >= 15 is 0 Å². The lowest BCUT2D eigenvalue weighted by Crippen LogP contribution is -2.44. The van der Waals surface area contributed by atoms with Crippen LogP contribution >= 0.6 is 11.6 Å². The maximum atomic E-state index is 11.3. The summed E-state index contributed by atoms with van der Waals surface area (Å²) in [4.78, 5) is 3.98. The molecule has 1 heterocycles. The second kappa shape index (κ2) is 4.97. The van der Waals surface area contributed by atoms with Crippen molar-refractivity contribution in [3.63, 3.8) is 0 Å². The van der Waals surface area contributed by atoms with Gasteiger partial charge < -0.3 is 5.11 Å². The highest BCUT2D eigenvalue weighted by molar-refractivity contribution is 6.30. The molecule has 3 rings (SSSR count). The fourth-order valence-electron chi connectivity index (χ4n) is 3.00. The van der Waals surface area contributed by atoms with Crippen LogP contribution in [0.1, 0.15) is 32.3 Å². The largest absolute Gasteiger partial charge is 0.365 e. The minimum absolute atomic E-state index is 0.307. The first-order valence-corrected chi connectivity index (χ1v) is 7.35. The number of aliphatic hydroxyl groups is 1. The molecule has 1 atom stereocenters. The zero-order valence-corrected chi connectivity index (χ0v) is 12.9. The summed E-state index contributed by atoms with van der Waals surface area (Å²) < 4.78 is 1.56. The van der Waals surface area contributed by atoms with E-state index in [9.17, 15) is 5.11 Å². The molecule has 0 unspecified atom stereocenters. The van der Waals surface area contributed by atoms with Crippen LogP contribution in [0.4, 0.5) is 0 Å². The minimum Gasteiger partial charge on any atom is -0.365 e. The number of hydrogen-bond acceptors (Lipinski definition) is 3. The van der Waals surface area contributed by atoms with Crippen molar-refractivity contribution in [1.82, 2.24) is 14.8 Å². The van der Waals surface area contributed by atoms with Crippen LogP contribution in [-0.2, 0) is 5.72 Å². The molecule has 5 heteroatoms. The summed E-state index contributed by atoms with van der Waals surface area (Å²) in [6.07, 6.45) is 6.76. The Morgan fingerprint density at radius 3 is 2.62 bits per heavy atom. The molecule has 21 heavy (non-hydrogen) atoms. The first-order valence-electron chi connectivity index (χ1n) is 6.97. The lowest BCUT2D eigenvalue weighted by atomic mass is 9.82. The third-order valence-corrected chi connectivity index (χ3v) is 4.62. The van der Waals surface area contributed by atoms with Gasteiger partial charge in [-0.05, 0) is 36.1 Å². The zero-order valence-electron chi connectivity index (χ0n) is 12.1. The third-order valence-electron chi connectivity index (χ3n) is 4.37. The molecule has 1 saturated carbocycles. The number of halogens is 1. The van der Waals surface area contributed by atoms with Gasteiger partial charge in [-0.2, -0.15) is 5.10 Å². The summed E-state index contributed by atoms with van der Waals surface area (Å²) in [5.74, 6) is 0. The Morgan fingerprint density at radius 2 is 2.00 bits per heavy atom. The summed E-state index contributed by atoms with van der Waals surface area (Å²) in [5.41, 5.74) is 0.508. The van der Waals surface area contributed by atoms with E-state index in [4.69, 9.17) is 11.6 Å². The van der Waals surface area contributed by atoms with Crippen molar-refractivity contribution < 1.29 is 5.11 Å². The number of rotatable bonds is 2. The molecule has 2 aromatic rings. The molecular weight excluding hydrogens is 286 g/mol. The molecule has 1 aromatic carbocycles. The van der Waals surface area contributed by atoms with Crippen LogP contribution < -0.4 is 0 Å². The summed E-state index contributed by atoms with van der Waals surface area (Å²) in [7, 11) is 0. The summed E-state index contributed by atoms with van der Waals surface area (Å²) in [6.45, 7) is 4.11. The van der Waals surface area contributed by atoms with Crippen LogP contribution in [-0.4, -0.2) is 19.9 Å². The summed E-state index contributed by atoms with van der Waals surface area (Å²) >= 11 is 5.92. The molecule has 1 aliphatic rings. The van der Waals surface area contributed by atoms with Gasteiger partial charge in [0.15, 0.2) is 5.72 Å². The van der Waals surface area contributed by atoms with E-state index in [2.05, 4.69) is 23.9 Å². The van der Waals surface area contributed by atoms with Gasteiger partial charge in [-0.3, -0.25) is 0 Å². The third kappa shape index (κ3) is 2.28. The highest BCUT2D eigenvalue weighted by atomic mass is 35.5. The number of nitrogens with zero attached hydrogens (tertiary/aromatic N) is 3. The summed E-state index contributed by atoms with van der Waals surface area (Å²) in [5, 5.41) is 16.2. The molecule has 4 nitrogen and oxygen atoms in total. The average molecular weight is 304 g/mol. The van der Waals surface area contributed by atoms with Crippen molar-refractivity contribution >= 4 is 17.7 Å². The van der Waals surface area contributed by atoms with Crippen LogP contribution in [0.15, 0.2) is 42.5 Å². The highest BCUT2D eigenvalue weighted by Crippen LogP contribution is 2.52. The van der Waals surface area contributed by atoms with Gasteiger partial charge >= 0.3 is 0 Å². The van der Waals surface area contributed by atoms with Crippen LogP contribution in [0.5, 0.6) is 0 Å². The Morgan fingerprint density at radius 1 is 1.29 bits per heavy atom. The van der Waals surface area contributed by atoms with E-state index < -0.39 is 5.72 Å². The second-order valence-corrected chi connectivity index (χ2v) is 6.55. The van der Waals surface area contributed by atoms with E-state index in [1.807, 2.05) is 30.3 Å². The quantitative estimate of drug-likeness (QED) is 0.924. The van der Waals surface area contributed by atoms with E-state index in [-0.39, 0.29) is 5.41 Å². The first kappa shape index (κ1) is 14.3. The van der Waals surface area contributed by atoms with Gasteiger partial charge in [0.05, 0.1) is 0 Å². The van der Waals surface area contributed by atoms with Crippen LogP contribution in [0, 0.1) is 5.41 Å². The van der Waals surface area contributed by atoms with Crippen LogP contribution in [0.3, 0.4) is 0 Å². The smallest absolute Gasteiger partial charge is 0.187 e. The maximum absolute atomic E-state index is 11.3. The molecule has 1 fully saturated rings. The molecule has 0 aliphatic heterocycles. The highest BCUT2D eigenvalue weighted by Gasteiger charge is 2.53. The van der Waals surface area contributed by atoms with Gasteiger partial charge in [0.2, 0.25) is 0 Å². The van der Waals surface area contributed by atoms with Crippen molar-refractivity contribution in [2.75, 3.05) is 0 Å². The molecule has 0 amide bonds. The Balaban J connectivity index is 2.07. The van der Waals surface area contributed by atoms with Crippen molar-refractivity contribution in [1.29, 1.82) is 0 Å². The maximum Gasteiger partial charge on any atom is 0.187 e. The normalized spacial score (nSPS) is 26.4. The fraction of sp³-hybridized carbons (Fsp3) is 0.375. The first-order chi connectivity index (χ1) is 9.93. The molecule has 110 valence electrons. The van der Waals surface area contributed by atoms with Gasteiger partial charge in [0.1, 0.15) is 12.7 Å². The Kier molecular flexibility index (Phi) is 3.38. The van der Waals surface area contributed by atoms with E-state index in [0.29, 0.717) is 5.02 Å². The molecular formula is C16H18ClN3O. The Hall–Kier alpha value is -1.65. The molecule has 0 bridgehead atoms. The van der Waals surface area contributed by atoms with Gasteiger partial charge in [-0.1, -0.05) is 43.7 Å². The van der Waals surface area contributed by atoms with Crippen molar-refractivity contribution in [2.45, 2.75) is 32.4 Å². The molecule has 1 aromatic heterocycles. The predicted molar refractivity (Wildman–Crippen MR) is 82.7 cm³/mol. The SMILES string of the molecule is CC1(C)CC/C(=C\c2ccc(Cl)cc2)[C@]1(O)n1cncn1. The van der Waals surface area contributed by atoms with Gasteiger partial charge in [-0.15, -0.1) is 0 Å². The lowest BCUT2D eigenvalue weighted by Gasteiger charge is -2.37. The molecule has 1 aliphatic carbocycles. The molecule has 0 radical (unpaired) electrons. The Bertz CT molecular complexity index is 661. The van der Waals surface area contributed by atoms with E-state index in [1.54, 1.807) is 11.0 Å². The number of hydrogen-bond donors (Lipinski definition) is 1. The number of aromatic nitrogens is 3. The van der Waals surface area contributed by atoms with Gasteiger partial charge in [0.25, 0.3) is 0 Å². The fourth-order valence-corrected chi connectivity index (χ4v) is 3.12. The lowest BCUT2D eigenvalue weighted by molar-refractivity contribution is -0.0923. The van der Waals surface area contributed by atoms with Crippen LogP contribution in [0.25, 0.3) is 6.08 Å². The Labute approximate surface area is 129 Å². The summed E-state index contributed by atoms with van der Waals surface area (Å²) in [6, 6.07) is 7.59. The van der Waals surface area contributed by atoms with Crippen LogP contribution in [0.2, 0.25) is 5.02 Å². The van der Waals surface area contributed by atoms with E-state index in [0.717, 1.165) is 24.0 Å². The topological polar surface area (TPSA) is 50.9 Å². The predicted octanol–water partition coefficient (Wildman–Crippen LogP) is 3.48. The molecule has 0 spiro atoms. The molecule has 1 N–H and O–H groups in total. The minimum atomic E-state index is -1.15. The monoisotopic (exact) mass is 303 g/mol. The van der Waals surface area contributed by atoms with Crippen molar-refractivity contribution in [2.24, 2.45) is 5.41 Å². The van der Waals surface area contributed by atoms with Crippen molar-refractivity contribution in [3.05, 3.63) is 53.1 Å². The van der Waals surface area contributed by atoms with Crippen molar-refractivity contribution in [3.8, 4) is 0 Å². The molecule has 0 saturated heterocycles.